The predicted molar refractivity (Wildman–Crippen MR) is 55.1 cm³/mol. The molecule has 0 saturated carbocycles. The Balaban J connectivity index is 2.53. The van der Waals surface area contributed by atoms with Crippen molar-refractivity contribution in [1.29, 1.82) is 0 Å². The Bertz CT molecular complexity index is 403. The Morgan fingerprint density at radius 2 is 1.69 bits per heavy atom. The summed E-state index contributed by atoms with van der Waals surface area (Å²) in [6, 6.07) is 9.87. The second-order valence-electron chi connectivity index (χ2n) is 2.90. The topological polar surface area (TPSA) is 67.8 Å². The molecular formula is C10H11N3. The van der Waals surface area contributed by atoms with Gasteiger partial charge in [-0.2, -0.15) is 0 Å². The molecule has 66 valence electrons. The highest BCUT2D eigenvalue weighted by molar-refractivity contribution is 5.82. The van der Waals surface area contributed by atoms with E-state index in [2.05, 4.69) is 4.98 Å². The zero-order valence-corrected chi connectivity index (χ0v) is 7.12. The fourth-order valence-electron chi connectivity index (χ4n) is 1.29. The average molecular weight is 173 g/mol. The molecule has 1 aromatic heterocycles. The summed E-state index contributed by atoms with van der Waals surface area (Å²) in [5.74, 6) is 0. The molecule has 0 amide bonds. The van der Waals surface area contributed by atoms with Gasteiger partial charge in [0.25, 0.3) is 0 Å². The lowest BCUT2D eigenvalue weighted by molar-refractivity contribution is 1.40. The maximum atomic E-state index is 5.78. The zero-order chi connectivity index (χ0) is 9.26. The predicted octanol–water partition coefficient (Wildman–Crippen LogP) is 1.85. The van der Waals surface area contributed by atoms with E-state index in [0.29, 0.717) is 11.4 Å². The average Bonchev–Trinajstić information content (AvgIpc) is 2.49. The van der Waals surface area contributed by atoms with Crippen LogP contribution in [0.5, 0.6) is 0 Å². The number of nitrogens with one attached hydrogen (secondary N) is 1. The summed E-state index contributed by atoms with van der Waals surface area (Å²) in [5.41, 5.74) is 14.6. The van der Waals surface area contributed by atoms with Crippen LogP contribution >= 0.6 is 0 Å². The number of hydrogen-bond acceptors (Lipinski definition) is 2. The fraction of sp³-hybridized carbons (Fsp3) is 0. The SMILES string of the molecule is Nc1c[nH]c(-c2ccccc2)c1N. The van der Waals surface area contributed by atoms with Crippen LogP contribution in [0.2, 0.25) is 0 Å². The Labute approximate surface area is 76.4 Å². The molecule has 0 spiro atoms. The lowest BCUT2D eigenvalue weighted by Gasteiger charge is -1.99. The van der Waals surface area contributed by atoms with E-state index < -0.39 is 0 Å². The van der Waals surface area contributed by atoms with Gasteiger partial charge in [0, 0.05) is 11.8 Å². The van der Waals surface area contributed by atoms with Crippen LogP contribution in [-0.2, 0) is 0 Å². The van der Waals surface area contributed by atoms with Crippen molar-refractivity contribution in [1.82, 2.24) is 4.98 Å². The van der Waals surface area contributed by atoms with Crippen molar-refractivity contribution in [3.05, 3.63) is 36.5 Å². The summed E-state index contributed by atoms with van der Waals surface area (Å²) in [5, 5.41) is 0. The van der Waals surface area contributed by atoms with Crippen molar-refractivity contribution >= 4 is 11.4 Å². The van der Waals surface area contributed by atoms with Crippen LogP contribution in [0.4, 0.5) is 11.4 Å². The number of aromatic nitrogens is 1. The first-order valence-corrected chi connectivity index (χ1v) is 4.07. The zero-order valence-electron chi connectivity index (χ0n) is 7.12. The summed E-state index contributed by atoms with van der Waals surface area (Å²) in [4.78, 5) is 3.04. The van der Waals surface area contributed by atoms with Crippen LogP contribution in [0.25, 0.3) is 11.3 Å². The first kappa shape index (κ1) is 7.73. The van der Waals surface area contributed by atoms with Gasteiger partial charge in [-0.1, -0.05) is 30.3 Å². The van der Waals surface area contributed by atoms with Crippen LogP contribution in [-0.4, -0.2) is 4.98 Å². The molecular weight excluding hydrogens is 162 g/mol. The molecule has 2 aromatic rings. The van der Waals surface area contributed by atoms with Gasteiger partial charge in [0.05, 0.1) is 17.1 Å². The number of hydrogen-bond donors (Lipinski definition) is 3. The summed E-state index contributed by atoms with van der Waals surface area (Å²) in [6.07, 6.45) is 1.71. The van der Waals surface area contributed by atoms with E-state index >= 15 is 0 Å². The quantitative estimate of drug-likeness (QED) is 0.616. The van der Waals surface area contributed by atoms with Crippen LogP contribution in [0.15, 0.2) is 36.5 Å². The molecule has 3 heteroatoms. The third-order valence-corrected chi connectivity index (χ3v) is 2.01. The van der Waals surface area contributed by atoms with Gasteiger partial charge in [0.2, 0.25) is 0 Å². The van der Waals surface area contributed by atoms with Gasteiger partial charge < -0.3 is 16.5 Å². The second kappa shape index (κ2) is 2.86. The molecule has 0 aliphatic heterocycles. The molecule has 3 nitrogen and oxygen atoms in total. The number of anilines is 2. The summed E-state index contributed by atoms with van der Waals surface area (Å²) in [7, 11) is 0. The maximum absolute atomic E-state index is 5.78. The van der Waals surface area contributed by atoms with Gasteiger partial charge in [-0.25, -0.2) is 0 Å². The molecule has 0 saturated heterocycles. The highest BCUT2D eigenvalue weighted by atomic mass is 14.8. The van der Waals surface area contributed by atoms with E-state index in [1.807, 2.05) is 30.3 Å². The second-order valence-corrected chi connectivity index (χ2v) is 2.90. The normalized spacial score (nSPS) is 10.2. The highest BCUT2D eigenvalue weighted by Gasteiger charge is 2.05. The van der Waals surface area contributed by atoms with E-state index in [4.69, 9.17) is 11.5 Å². The molecule has 13 heavy (non-hydrogen) atoms. The molecule has 0 aliphatic carbocycles. The third-order valence-electron chi connectivity index (χ3n) is 2.01. The number of benzene rings is 1. The maximum Gasteiger partial charge on any atom is 0.0808 e. The standard InChI is InChI=1S/C10H11N3/c11-8-6-13-10(9(8)12)7-4-2-1-3-5-7/h1-6,13H,11-12H2. The molecule has 0 fully saturated rings. The third kappa shape index (κ3) is 1.24. The lowest BCUT2D eigenvalue weighted by atomic mass is 10.1. The fourth-order valence-corrected chi connectivity index (χ4v) is 1.29. The molecule has 0 unspecified atom stereocenters. The summed E-state index contributed by atoms with van der Waals surface area (Å²) in [6.45, 7) is 0. The number of aromatic amines is 1. The molecule has 1 heterocycles. The molecule has 0 radical (unpaired) electrons. The minimum Gasteiger partial charge on any atom is -0.396 e. The van der Waals surface area contributed by atoms with Crippen molar-refractivity contribution in [2.24, 2.45) is 0 Å². The van der Waals surface area contributed by atoms with Gasteiger partial charge in [0.1, 0.15) is 0 Å². The minimum absolute atomic E-state index is 0.596. The number of nitrogens with two attached hydrogens (primary N) is 2. The molecule has 0 bridgehead atoms. The molecule has 2 rings (SSSR count). The Hall–Kier alpha value is -1.90. The Morgan fingerprint density at radius 3 is 2.23 bits per heavy atom. The van der Waals surface area contributed by atoms with Gasteiger partial charge in [0.15, 0.2) is 0 Å². The largest absolute Gasteiger partial charge is 0.396 e. The number of H-pyrrole nitrogens is 1. The summed E-state index contributed by atoms with van der Waals surface area (Å²) >= 11 is 0. The number of rotatable bonds is 1. The van der Waals surface area contributed by atoms with Gasteiger partial charge in [-0.05, 0) is 0 Å². The van der Waals surface area contributed by atoms with Crippen molar-refractivity contribution in [3.63, 3.8) is 0 Å². The summed E-state index contributed by atoms with van der Waals surface area (Å²) < 4.78 is 0. The minimum atomic E-state index is 0.596. The Kier molecular flexibility index (Phi) is 1.70. The van der Waals surface area contributed by atoms with Gasteiger partial charge >= 0.3 is 0 Å². The Morgan fingerprint density at radius 1 is 1.00 bits per heavy atom. The number of nitrogen functional groups attached to an aromatic ring is 2. The van der Waals surface area contributed by atoms with E-state index in [9.17, 15) is 0 Å². The van der Waals surface area contributed by atoms with E-state index in [1.54, 1.807) is 6.20 Å². The lowest BCUT2D eigenvalue weighted by Crippen LogP contribution is -1.91. The van der Waals surface area contributed by atoms with Crippen molar-refractivity contribution in [2.45, 2.75) is 0 Å². The van der Waals surface area contributed by atoms with Gasteiger partial charge in [-0.3, -0.25) is 0 Å². The first-order valence-electron chi connectivity index (χ1n) is 4.07. The molecule has 5 N–H and O–H groups in total. The highest BCUT2D eigenvalue weighted by Crippen LogP contribution is 2.28. The van der Waals surface area contributed by atoms with E-state index in [1.165, 1.54) is 0 Å². The smallest absolute Gasteiger partial charge is 0.0808 e. The first-order chi connectivity index (χ1) is 6.29. The van der Waals surface area contributed by atoms with Crippen LogP contribution in [0, 0.1) is 0 Å². The van der Waals surface area contributed by atoms with Crippen LogP contribution < -0.4 is 11.5 Å². The van der Waals surface area contributed by atoms with Gasteiger partial charge in [-0.15, -0.1) is 0 Å². The van der Waals surface area contributed by atoms with Crippen molar-refractivity contribution in [3.8, 4) is 11.3 Å². The van der Waals surface area contributed by atoms with Crippen molar-refractivity contribution < 1.29 is 0 Å². The van der Waals surface area contributed by atoms with Crippen molar-refractivity contribution in [2.75, 3.05) is 11.5 Å². The molecule has 0 atom stereocenters. The van der Waals surface area contributed by atoms with Crippen LogP contribution in [0.3, 0.4) is 0 Å². The van der Waals surface area contributed by atoms with E-state index in [-0.39, 0.29) is 0 Å². The molecule has 1 aromatic carbocycles. The molecule has 0 aliphatic rings. The monoisotopic (exact) mass is 173 g/mol. The van der Waals surface area contributed by atoms with Crippen LogP contribution in [0.1, 0.15) is 0 Å². The van der Waals surface area contributed by atoms with E-state index in [0.717, 1.165) is 11.3 Å².